The Morgan fingerprint density at radius 1 is 1.47 bits per heavy atom. The van der Waals surface area contributed by atoms with Gasteiger partial charge in [-0.3, -0.25) is 11.3 Å². The van der Waals surface area contributed by atoms with E-state index in [1.807, 2.05) is 11.8 Å². The highest BCUT2D eigenvalue weighted by atomic mass is 32.2. The zero-order chi connectivity index (χ0) is 11.3. The first-order valence-electron chi connectivity index (χ1n) is 5.23. The maximum Gasteiger partial charge on any atom is 0.0561 e. The van der Waals surface area contributed by atoms with Crippen LogP contribution in [0.2, 0.25) is 0 Å². The van der Waals surface area contributed by atoms with Crippen LogP contribution in [-0.4, -0.2) is 11.5 Å². The van der Waals surface area contributed by atoms with E-state index in [2.05, 4.69) is 37.6 Å². The summed E-state index contributed by atoms with van der Waals surface area (Å²) < 4.78 is 0. The van der Waals surface area contributed by atoms with Gasteiger partial charge >= 0.3 is 0 Å². The molecule has 1 aromatic heterocycles. The van der Waals surface area contributed by atoms with Gasteiger partial charge in [-0.25, -0.2) is 0 Å². The monoisotopic (exact) mass is 244 g/mol. The van der Waals surface area contributed by atoms with Crippen LogP contribution in [0.25, 0.3) is 0 Å². The van der Waals surface area contributed by atoms with Crippen LogP contribution in [0.3, 0.4) is 0 Å². The second-order valence-corrected chi connectivity index (χ2v) is 6.28. The number of rotatable bonds is 6. The van der Waals surface area contributed by atoms with Crippen molar-refractivity contribution in [3.05, 3.63) is 21.9 Å². The number of nitrogens with two attached hydrogens (primary N) is 1. The third-order valence-electron chi connectivity index (χ3n) is 2.21. The topological polar surface area (TPSA) is 38.0 Å². The number of hydrogen-bond donors (Lipinski definition) is 2. The van der Waals surface area contributed by atoms with E-state index in [9.17, 15) is 0 Å². The minimum absolute atomic E-state index is 0.292. The van der Waals surface area contributed by atoms with Crippen LogP contribution in [0.5, 0.6) is 0 Å². The van der Waals surface area contributed by atoms with Crippen molar-refractivity contribution in [2.24, 2.45) is 11.8 Å². The third-order valence-corrected chi connectivity index (χ3v) is 4.54. The molecular formula is C11H20N2S2. The van der Waals surface area contributed by atoms with Gasteiger partial charge in [0, 0.05) is 10.6 Å². The average molecular weight is 244 g/mol. The molecule has 0 aliphatic heterocycles. The van der Waals surface area contributed by atoms with Crippen molar-refractivity contribution in [1.29, 1.82) is 0 Å². The quantitative estimate of drug-likeness (QED) is 0.597. The summed E-state index contributed by atoms with van der Waals surface area (Å²) in [4.78, 5) is 1.36. The molecule has 4 heteroatoms. The van der Waals surface area contributed by atoms with E-state index in [1.165, 1.54) is 16.2 Å². The van der Waals surface area contributed by atoms with E-state index in [0.717, 1.165) is 11.7 Å². The molecule has 0 aliphatic rings. The van der Waals surface area contributed by atoms with Gasteiger partial charge in [0.25, 0.3) is 0 Å². The van der Waals surface area contributed by atoms with Crippen molar-refractivity contribution >= 4 is 23.1 Å². The van der Waals surface area contributed by atoms with Crippen LogP contribution < -0.4 is 11.3 Å². The molecule has 1 heterocycles. The zero-order valence-corrected chi connectivity index (χ0v) is 11.3. The van der Waals surface area contributed by atoms with E-state index in [1.54, 1.807) is 11.3 Å². The fourth-order valence-corrected chi connectivity index (χ4v) is 3.29. The third kappa shape index (κ3) is 4.15. The molecule has 15 heavy (non-hydrogen) atoms. The van der Waals surface area contributed by atoms with Crippen molar-refractivity contribution in [2.75, 3.05) is 11.5 Å². The summed E-state index contributed by atoms with van der Waals surface area (Å²) in [7, 11) is 0. The summed E-state index contributed by atoms with van der Waals surface area (Å²) in [6.45, 7) is 6.64. The predicted molar refractivity (Wildman–Crippen MR) is 71.3 cm³/mol. The smallest absolute Gasteiger partial charge is 0.0561 e. The van der Waals surface area contributed by atoms with Crippen molar-refractivity contribution < 1.29 is 0 Å². The maximum absolute atomic E-state index is 5.59. The first-order valence-corrected chi connectivity index (χ1v) is 7.26. The number of aryl methyl sites for hydroxylation is 1. The first-order chi connectivity index (χ1) is 7.15. The van der Waals surface area contributed by atoms with Gasteiger partial charge in [-0.2, -0.15) is 11.8 Å². The van der Waals surface area contributed by atoms with Gasteiger partial charge in [0.1, 0.15) is 0 Å². The Morgan fingerprint density at radius 2 is 2.20 bits per heavy atom. The molecule has 0 amide bonds. The highest BCUT2D eigenvalue weighted by molar-refractivity contribution is 7.99. The highest BCUT2D eigenvalue weighted by Gasteiger charge is 2.13. The minimum atomic E-state index is 0.292. The van der Waals surface area contributed by atoms with Crippen LogP contribution in [-0.2, 0) is 0 Å². The van der Waals surface area contributed by atoms with Crippen molar-refractivity contribution in [2.45, 2.75) is 26.8 Å². The summed E-state index contributed by atoms with van der Waals surface area (Å²) >= 11 is 3.75. The molecule has 3 N–H and O–H groups in total. The Kier molecular flexibility index (Phi) is 5.68. The molecule has 1 aromatic rings. The molecule has 0 fully saturated rings. The maximum atomic E-state index is 5.59. The lowest BCUT2D eigenvalue weighted by molar-refractivity contribution is 0.609. The molecule has 2 nitrogen and oxygen atoms in total. The van der Waals surface area contributed by atoms with Crippen LogP contribution in [0, 0.1) is 12.8 Å². The normalized spacial score (nSPS) is 13.4. The van der Waals surface area contributed by atoms with Crippen molar-refractivity contribution in [3.63, 3.8) is 0 Å². The van der Waals surface area contributed by atoms with E-state index in [-0.39, 0.29) is 0 Å². The Balaban J connectivity index is 2.46. The SMILES string of the molecule is Cc1sccc1C(CSCC(C)C)NN. The van der Waals surface area contributed by atoms with Crippen molar-refractivity contribution in [3.8, 4) is 0 Å². The van der Waals surface area contributed by atoms with Crippen molar-refractivity contribution in [1.82, 2.24) is 5.43 Å². The van der Waals surface area contributed by atoms with Crippen LogP contribution >= 0.6 is 23.1 Å². The lowest BCUT2D eigenvalue weighted by Gasteiger charge is -2.16. The summed E-state index contributed by atoms with van der Waals surface area (Å²) in [6.07, 6.45) is 0. The van der Waals surface area contributed by atoms with E-state index in [4.69, 9.17) is 5.84 Å². The second kappa shape index (κ2) is 6.53. The average Bonchev–Trinajstić information content (AvgIpc) is 2.59. The zero-order valence-electron chi connectivity index (χ0n) is 9.62. The van der Waals surface area contributed by atoms with Gasteiger partial charge in [0.15, 0.2) is 0 Å². The van der Waals surface area contributed by atoms with Gasteiger partial charge in [0.2, 0.25) is 0 Å². The number of thiophene rings is 1. The van der Waals surface area contributed by atoms with E-state index >= 15 is 0 Å². The van der Waals surface area contributed by atoms with E-state index in [0.29, 0.717) is 6.04 Å². The predicted octanol–water partition coefficient (Wildman–Crippen LogP) is 2.95. The highest BCUT2D eigenvalue weighted by Crippen LogP contribution is 2.25. The summed E-state index contributed by atoms with van der Waals surface area (Å²) in [6, 6.07) is 2.46. The van der Waals surface area contributed by atoms with Gasteiger partial charge in [-0.05, 0) is 35.6 Å². The fraction of sp³-hybridized carbons (Fsp3) is 0.636. The van der Waals surface area contributed by atoms with Gasteiger partial charge in [0.05, 0.1) is 6.04 Å². The number of thioether (sulfide) groups is 1. The molecule has 86 valence electrons. The summed E-state index contributed by atoms with van der Waals surface area (Å²) in [5.74, 6) is 8.58. The molecular weight excluding hydrogens is 224 g/mol. The Morgan fingerprint density at radius 3 is 2.67 bits per heavy atom. The van der Waals surface area contributed by atoms with Crippen LogP contribution in [0.15, 0.2) is 11.4 Å². The van der Waals surface area contributed by atoms with Gasteiger partial charge < -0.3 is 0 Å². The number of hydrogen-bond acceptors (Lipinski definition) is 4. The largest absolute Gasteiger partial charge is 0.271 e. The van der Waals surface area contributed by atoms with Crippen LogP contribution in [0.4, 0.5) is 0 Å². The molecule has 1 unspecified atom stereocenters. The van der Waals surface area contributed by atoms with Gasteiger partial charge in [-0.1, -0.05) is 13.8 Å². The van der Waals surface area contributed by atoms with E-state index < -0.39 is 0 Å². The fourth-order valence-electron chi connectivity index (χ4n) is 1.41. The molecule has 0 saturated carbocycles. The van der Waals surface area contributed by atoms with Gasteiger partial charge in [-0.15, -0.1) is 11.3 Å². The number of nitrogens with one attached hydrogen (secondary N) is 1. The lowest BCUT2D eigenvalue weighted by Crippen LogP contribution is -2.30. The molecule has 0 bridgehead atoms. The second-order valence-electron chi connectivity index (χ2n) is 4.08. The Labute approximate surface area is 101 Å². The van der Waals surface area contributed by atoms with Crippen LogP contribution in [0.1, 0.15) is 30.3 Å². The summed E-state index contributed by atoms with van der Waals surface area (Å²) in [5, 5.41) is 2.13. The minimum Gasteiger partial charge on any atom is -0.271 e. The molecule has 0 saturated heterocycles. The summed E-state index contributed by atoms with van der Waals surface area (Å²) in [5.41, 5.74) is 4.25. The molecule has 0 aromatic carbocycles. The first kappa shape index (κ1) is 13.0. The Bertz CT molecular complexity index is 284. The molecule has 0 spiro atoms. The standard InChI is InChI=1S/C11H20N2S2/c1-8(2)6-14-7-11(13-12)10-4-5-15-9(10)3/h4-5,8,11,13H,6-7,12H2,1-3H3. The molecule has 1 atom stereocenters. The molecule has 0 radical (unpaired) electrons. The lowest BCUT2D eigenvalue weighted by atomic mass is 10.1. The Hall–Kier alpha value is -0.0300. The molecule has 0 aliphatic carbocycles. The molecule has 1 rings (SSSR count). The number of hydrazine groups is 1.